The first-order valence-corrected chi connectivity index (χ1v) is 8.58. The molecule has 0 aliphatic rings. The van der Waals surface area contributed by atoms with Crippen LogP contribution < -0.4 is 5.73 Å². The molecule has 0 saturated carbocycles. The third-order valence-electron chi connectivity index (χ3n) is 3.50. The third kappa shape index (κ3) is 4.43. The number of ether oxygens (including phenoxy) is 3. The van der Waals surface area contributed by atoms with E-state index in [0.717, 1.165) is 11.3 Å². The zero-order valence-corrected chi connectivity index (χ0v) is 15.4. The summed E-state index contributed by atoms with van der Waals surface area (Å²) < 4.78 is 14.7. The van der Waals surface area contributed by atoms with E-state index in [0.29, 0.717) is 0 Å². The Kier molecular flexibility index (Phi) is 6.51. The summed E-state index contributed by atoms with van der Waals surface area (Å²) in [6, 6.07) is 7.58. The summed E-state index contributed by atoms with van der Waals surface area (Å²) >= 11 is 0.907. The fourth-order valence-electron chi connectivity index (χ4n) is 2.19. The zero-order chi connectivity index (χ0) is 20.0. The smallest absolute Gasteiger partial charge is 0.348 e. The lowest BCUT2D eigenvalue weighted by molar-refractivity contribution is 0.0452. The van der Waals surface area contributed by atoms with E-state index >= 15 is 0 Å². The first-order chi connectivity index (χ1) is 12.9. The molecular formula is C18H16N2O6S. The minimum absolute atomic E-state index is 0.0805. The van der Waals surface area contributed by atoms with Crippen molar-refractivity contribution in [2.45, 2.75) is 13.5 Å². The molecule has 0 atom stereocenters. The third-order valence-corrected chi connectivity index (χ3v) is 4.54. The summed E-state index contributed by atoms with van der Waals surface area (Å²) in [5, 5.41) is 9.40. The van der Waals surface area contributed by atoms with Gasteiger partial charge in [0.05, 0.1) is 30.4 Å². The molecule has 1 heterocycles. The second-order valence-electron chi connectivity index (χ2n) is 5.13. The van der Waals surface area contributed by atoms with Gasteiger partial charge in [0.1, 0.15) is 22.6 Å². The number of carbonyl (C=O) groups is 3. The Morgan fingerprint density at radius 3 is 2.19 bits per heavy atom. The van der Waals surface area contributed by atoms with Crippen molar-refractivity contribution in [2.24, 2.45) is 0 Å². The van der Waals surface area contributed by atoms with Crippen LogP contribution in [-0.2, 0) is 20.8 Å². The number of hydrogen-bond acceptors (Lipinski definition) is 9. The normalized spacial score (nSPS) is 9.96. The molecular weight excluding hydrogens is 372 g/mol. The molecule has 27 heavy (non-hydrogen) atoms. The van der Waals surface area contributed by atoms with E-state index in [4.69, 9.17) is 15.2 Å². The second kappa shape index (κ2) is 8.82. The highest BCUT2D eigenvalue weighted by molar-refractivity contribution is 7.18. The molecule has 0 saturated heterocycles. The summed E-state index contributed by atoms with van der Waals surface area (Å²) in [6.45, 7) is 1.49. The number of nitrogens with two attached hydrogens (primary N) is 1. The van der Waals surface area contributed by atoms with E-state index in [9.17, 15) is 19.6 Å². The van der Waals surface area contributed by atoms with Gasteiger partial charge in [-0.1, -0.05) is 0 Å². The molecule has 140 valence electrons. The van der Waals surface area contributed by atoms with E-state index in [-0.39, 0.29) is 45.3 Å². The van der Waals surface area contributed by atoms with Crippen LogP contribution in [0, 0.1) is 11.3 Å². The van der Waals surface area contributed by atoms with Crippen molar-refractivity contribution in [3.05, 3.63) is 51.4 Å². The van der Waals surface area contributed by atoms with Gasteiger partial charge in [-0.05, 0) is 31.2 Å². The van der Waals surface area contributed by atoms with Crippen LogP contribution in [0.1, 0.15) is 48.4 Å². The van der Waals surface area contributed by atoms with E-state index in [1.165, 1.54) is 31.4 Å². The highest BCUT2D eigenvalue weighted by Gasteiger charge is 2.24. The lowest BCUT2D eigenvalue weighted by Gasteiger charge is -2.07. The molecule has 1 aromatic carbocycles. The number of esters is 3. The number of benzene rings is 1. The Morgan fingerprint density at radius 2 is 1.67 bits per heavy atom. The molecule has 0 amide bonds. The standard InChI is InChI=1S/C18H16N2O6S/c1-3-25-18(23)14-13(12(8-19)15(20)27-14)9-26-17(22)11-6-4-10(5-7-11)16(21)24-2/h4-7H,3,9,20H2,1-2H3. The van der Waals surface area contributed by atoms with Crippen LogP contribution >= 0.6 is 11.3 Å². The van der Waals surface area contributed by atoms with Crippen LogP contribution in [-0.4, -0.2) is 31.6 Å². The number of nitrogens with zero attached hydrogens (tertiary/aromatic N) is 1. The first kappa shape index (κ1) is 19.9. The van der Waals surface area contributed by atoms with Crippen LogP contribution in [0.3, 0.4) is 0 Å². The molecule has 0 fully saturated rings. The van der Waals surface area contributed by atoms with Gasteiger partial charge >= 0.3 is 17.9 Å². The van der Waals surface area contributed by atoms with E-state index in [1.807, 2.05) is 6.07 Å². The first-order valence-electron chi connectivity index (χ1n) is 7.76. The number of nitriles is 1. The van der Waals surface area contributed by atoms with Gasteiger partial charge in [-0.15, -0.1) is 11.3 Å². The van der Waals surface area contributed by atoms with Gasteiger partial charge in [0, 0.05) is 5.56 Å². The lowest BCUT2D eigenvalue weighted by atomic mass is 10.1. The van der Waals surface area contributed by atoms with E-state index < -0.39 is 17.9 Å². The molecule has 0 spiro atoms. The SMILES string of the molecule is CCOC(=O)c1sc(N)c(C#N)c1COC(=O)c1ccc(C(=O)OC)cc1. The lowest BCUT2D eigenvalue weighted by Crippen LogP contribution is -2.10. The molecule has 0 aliphatic carbocycles. The van der Waals surface area contributed by atoms with Crippen molar-refractivity contribution in [1.82, 2.24) is 0 Å². The number of anilines is 1. The number of thiophene rings is 1. The molecule has 2 rings (SSSR count). The Hall–Kier alpha value is -3.38. The minimum atomic E-state index is -0.685. The molecule has 0 bridgehead atoms. The summed E-state index contributed by atoms with van der Waals surface area (Å²) in [5.74, 6) is -1.85. The average molecular weight is 388 g/mol. The quantitative estimate of drug-likeness (QED) is 0.590. The molecule has 0 aliphatic heterocycles. The Balaban J connectivity index is 2.18. The number of hydrogen-bond donors (Lipinski definition) is 1. The van der Waals surface area contributed by atoms with Crippen molar-refractivity contribution in [3.8, 4) is 6.07 Å². The van der Waals surface area contributed by atoms with Crippen molar-refractivity contribution in [2.75, 3.05) is 19.5 Å². The predicted molar refractivity (Wildman–Crippen MR) is 96.3 cm³/mol. The Morgan fingerprint density at radius 1 is 1.07 bits per heavy atom. The van der Waals surface area contributed by atoms with Crippen molar-refractivity contribution >= 4 is 34.2 Å². The summed E-state index contributed by atoms with van der Waals surface area (Å²) in [5.41, 5.74) is 6.54. The topological polar surface area (TPSA) is 129 Å². The fourth-order valence-corrected chi connectivity index (χ4v) is 3.11. The molecule has 9 heteroatoms. The average Bonchev–Trinajstić information content (AvgIpc) is 3.01. The van der Waals surface area contributed by atoms with Crippen molar-refractivity contribution in [3.63, 3.8) is 0 Å². The number of methoxy groups -OCH3 is 1. The van der Waals surface area contributed by atoms with Crippen molar-refractivity contribution < 1.29 is 28.6 Å². The van der Waals surface area contributed by atoms with Gasteiger partial charge in [0.15, 0.2) is 0 Å². The van der Waals surface area contributed by atoms with Crippen LogP contribution in [0.2, 0.25) is 0 Å². The van der Waals surface area contributed by atoms with Gasteiger partial charge in [0.2, 0.25) is 0 Å². The maximum absolute atomic E-state index is 12.2. The van der Waals surface area contributed by atoms with Crippen LogP contribution in [0.15, 0.2) is 24.3 Å². The van der Waals surface area contributed by atoms with Gasteiger partial charge in [0.25, 0.3) is 0 Å². The maximum atomic E-state index is 12.2. The van der Waals surface area contributed by atoms with Gasteiger partial charge < -0.3 is 19.9 Å². The summed E-state index contributed by atoms with van der Waals surface area (Å²) in [4.78, 5) is 35.8. The summed E-state index contributed by atoms with van der Waals surface area (Å²) in [6.07, 6.45) is 0. The van der Waals surface area contributed by atoms with Crippen LogP contribution in [0.4, 0.5) is 5.00 Å². The highest BCUT2D eigenvalue weighted by Crippen LogP contribution is 2.32. The van der Waals surface area contributed by atoms with E-state index in [1.54, 1.807) is 6.92 Å². The minimum Gasteiger partial charge on any atom is -0.465 e. The molecule has 1 aromatic heterocycles. The van der Waals surface area contributed by atoms with Crippen LogP contribution in [0.5, 0.6) is 0 Å². The Labute approximate surface area is 159 Å². The number of carbonyl (C=O) groups excluding carboxylic acids is 3. The van der Waals surface area contributed by atoms with Gasteiger partial charge in [-0.2, -0.15) is 5.26 Å². The monoisotopic (exact) mass is 388 g/mol. The second-order valence-corrected chi connectivity index (χ2v) is 6.18. The molecule has 2 aromatic rings. The van der Waals surface area contributed by atoms with Gasteiger partial charge in [-0.3, -0.25) is 0 Å². The van der Waals surface area contributed by atoms with Crippen molar-refractivity contribution in [1.29, 1.82) is 5.26 Å². The fraction of sp³-hybridized carbons (Fsp3) is 0.222. The molecule has 0 radical (unpaired) electrons. The maximum Gasteiger partial charge on any atom is 0.348 e. The van der Waals surface area contributed by atoms with Gasteiger partial charge in [-0.25, -0.2) is 14.4 Å². The highest BCUT2D eigenvalue weighted by atomic mass is 32.1. The number of nitrogen functional groups attached to an aromatic ring is 1. The molecule has 8 nitrogen and oxygen atoms in total. The predicted octanol–water partition coefficient (Wildman–Crippen LogP) is 2.52. The zero-order valence-electron chi connectivity index (χ0n) is 14.6. The molecule has 0 unspecified atom stereocenters. The molecule has 2 N–H and O–H groups in total. The Bertz CT molecular complexity index is 911. The summed E-state index contributed by atoms with van der Waals surface area (Å²) in [7, 11) is 1.25. The van der Waals surface area contributed by atoms with Crippen LogP contribution in [0.25, 0.3) is 0 Å². The van der Waals surface area contributed by atoms with E-state index in [2.05, 4.69) is 4.74 Å². The number of rotatable bonds is 6. The largest absolute Gasteiger partial charge is 0.465 e.